The van der Waals surface area contributed by atoms with E-state index in [1.165, 1.54) is 19.8 Å². The summed E-state index contributed by atoms with van der Waals surface area (Å²) in [6.07, 6.45) is 1.93. The Balaban J connectivity index is 2.67. The fraction of sp³-hybridized carbons (Fsp3) is 0.714. The standard InChI is InChI=1S/C35H59NO7Si2/c1-33(2,3)36-27-22-20-18-17-19-21(22)23-24(30(27)39-10)29(43-45(15,16)35(7,8)9)26(32(38)41-12)25(31(37)40-11)28(23)42-44(13,14)34(4,5)6/h28-29,36H,17-20H2,1-16H3/t28-,29-/m0/s1. The first kappa shape index (κ1) is 37.3. The lowest BCUT2D eigenvalue weighted by Gasteiger charge is -2.47. The van der Waals surface area contributed by atoms with Crippen LogP contribution in [0.1, 0.15) is 110 Å². The Bertz CT molecular complexity index is 1340. The van der Waals surface area contributed by atoms with Crippen molar-refractivity contribution in [2.75, 3.05) is 26.6 Å². The van der Waals surface area contributed by atoms with Crippen molar-refractivity contribution in [1.29, 1.82) is 0 Å². The summed E-state index contributed by atoms with van der Waals surface area (Å²) in [4.78, 5) is 28.0. The summed E-state index contributed by atoms with van der Waals surface area (Å²) in [7, 11) is -0.761. The maximum absolute atomic E-state index is 14.0. The molecule has 2 atom stereocenters. The second-order valence-corrected chi connectivity index (χ2v) is 26.1. The van der Waals surface area contributed by atoms with Crippen LogP contribution >= 0.6 is 0 Å². The number of methoxy groups -OCH3 is 3. The summed E-state index contributed by atoms with van der Waals surface area (Å²) in [5.74, 6) is -0.633. The van der Waals surface area contributed by atoms with Crippen LogP contribution in [0.5, 0.6) is 5.75 Å². The molecule has 254 valence electrons. The van der Waals surface area contributed by atoms with Crippen LogP contribution < -0.4 is 10.1 Å². The molecule has 0 unspecified atom stereocenters. The number of hydrogen-bond donors (Lipinski definition) is 1. The Morgan fingerprint density at radius 2 is 1.07 bits per heavy atom. The van der Waals surface area contributed by atoms with E-state index in [1.54, 1.807) is 7.11 Å². The number of carbonyl (C=O) groups is 2. The zero-order valence-corrected chi connectivity index (χ0v) is 32.8. The van der Waals surface area contributed by atoms with Crippen LogP contribution in [0.15, 0.2) is 11.1 Å². The van der Waals surface area contributed by atoms with Gasteiger partial charge in [0.1, 0.15) is 18.0 Å². The molecule has 0 amide bonds. The molecule has 2 aliphatic carbocycles. The van der Waals surface area contributed by atoms with Gasteiger partial charge in [-0.3, -0.25) is 0 Å². The zero-order valence-electron chi connectivity index (χ0n) is 30.8. The molecule has 10 heteroatoms. The zero-order chi connectivity index (χ0) is 34.5. The van der Waals surface area contributed by atoms with Gasteiger partial charge in [-0.15, -0.1) is 0 Å². The average molecular weight is 662 g/mol. The number of hydrogen-bond acceptors (Lipinski definition) is 8. The van der Waals surface area contributed by atoms with Crippen molar-refractivity contribution in [1.82, 2.24) is 0 Å². The van der Waals surface area contributed by atoms with Crippen molar-refractivity contribution in [2.24, 2.45) is 0 Å². The van der Waals surface area contributed by atoms with Crippen molar-refractivity contribution < 1.29 is 32.7 Å². The number of carbonyl (C=O) groups excluding carboxylic acids is 2. The first-order valence-corrected chi connectivity index (χ1v) is 22.1. The number of anilines is 1. The van der Waals surface area contributed by atoms with Gasteiger partial charge in [-0.1, -0.05) is 41.5 Å². The van der Waals surface area contributed by atoms with Gasteiger partial charge < -0.3 is 28.4 Å². The third-order valence-corrected chi connectivity index (χ3v) is 19.0. The predicted octanol–water partition coefficient (Wildman–Crippen LogP) is 8.57. The van der Waals surface area contributed by atoms with Gasteiger partial charge in [0.15, 0.2) is 16.6 Å². The number of rotatable bonds is 8. The van der Waals surface area contributed by atoms with Gasteiger partial charge in [0.2, 0.25) is 0 Å². The Morgan fingerprint density at radius 1 is 0.667 bits per heavy atom. The van der Waals surface area contributed by atoms with Crippen LogP contribution in [-0.2, 0) is 40.8 Å². The molecule has 3 rings (SSSR count). The number of nitrogens with one attached hydrogen (secondary N) is 1. The van der Waals surface area contributed by atoms with Crippen LogP contribution in [0.3, 0.4) is 0 Å². The van der Waals surface area contributed by atoms with E-state index in [9.17, 15) is 9.59 Å². The van der Waals surface area contributed by atoms with E-state index < -0.39 is 40.8 Å². The molecule has 1 aromatic carbocycles. The van der Waals surface area contributed by atoms with Crippen molar-refractivity contribution >= 4 is 34.3 Å². The van der Waals surface area contributed by atoms with Crippen molar-refractivity contribution in [3.63, 3.8) is 0 Å². The monoisotopic (exact) mass is 661 g/mol. The molecule has 0 fully saturated rings. The SMILES string of the molecule is COC(=O)C1=C(C(=O)OC)[C@@H](O[Si](C)(C)C(C)(C)C)c2c(OC)c(NC(C)(C)C)c3c(c2[C@@H]1O[Si](C)(C)C(C)(C)C)CCCC3. The highest BCUT2D eigenvalue weighted by Crippen LogP contribution is 2.58. The fourth-order valence-electron chi connectivity index (χ4n) is 5.72. The van der Waals surface area contributed by atoms with Crippen molar-refractivity contribution in [2.45, 2.75) is 142 Å². The van der Waals surface area contributed by atoms with Crippen LogP contribution in [0, 0.1) is 0 Å². The Kier molecular flexibility index (Phi) is 10.6. The minimum Gasteiger partial charge on any atom is -0.494 e. The maximum Gasteiger partial charge on any atom is 0.337 e. The first-order chi connectivity index (χ1) is 20.4. The third kappa shape index (κ3) is 7.24. The highest BCUT2D eigenvalue weighted by Gasteiger charge is 2.52. The largest absolute Gasteiger partial charge is 0.494 e. The highest BCUT2D eigenvalue weighted by atomic mass is 28.4. The molecule has 0 saturated heterocycles. The minimum absolute atomic E-state index is 0.126. The molecule has 45 heavy (non-hydrogen) atoms. The summed E-state index contributed by atoms with van der Waals surface area (Å²) in [5.41, 5.74) is 4.87. The summed E-state index contributed by atoms with van der Waals surface area (Å²) >= 11 is 0. The molecule has 0 aliphatic heterocycles. The van der Waals surface area contributed by atoms with E-state index in [1.807, 2.05) is 0 Å². The van der Waals surface area contributed by atoms with Crippen LogP contribution in [0.2, 0.25) is 36.3 Å². The second-order valence-electron chi connectivity index (χ2n) is 16.6. The molecule has 8 nitrogen and oxygen atoms in total. The number of benzene rings is 1. The van der Waals surface area contributed by atoms with E-state index in [0.717, 1.165) is 48.1 Å². The van der Waals surface area contributed by atoms with Crippen molar-refractivity contribution in [3.05, 3.63) is 33.4 Å². The average Bonchev–Trinajstić information content (AvgIpc) is 2.90. The number of fused-ring (bicyclic) bond motifs is 3. The predicted molar refractivity (Wildman–Crippen MR) is 186 cm³/mol. The second kappa shape index (κ2) is 12.8. The molecule has 0 heterocycles. The molecular formula is C35H59NO7Si2. The lowest BCUT2D eigenvalue weighted by Crippen LogP contribution is -2.47. The highest BCUT2D eigenvalue weighted by molar-refractivity contribution is 6.74. The number of esters is 2. The Labute approximate surface area is 274 Å². The first-order valence-electron chi connectivity index (χ1n) is 16.2. The van der Waals surface area contributed by atoms with Gasteiger partial charge in [0, 0.05) is 11.1 Å². The molecule has 0 spiro atoms. The summed E-state index contributed by atoms with van der Waals surface area (Å²) in [6, 6.07) is 0. The normalized spacial score (nSPS) is 19.5. The minimum atomic E-state index is -2.57. The number of ether oxygens (including phenoxy) is 3. The van der Waals surface area contributed by atoms with Gasteiger partial charge in [0.25, 0.3) is 0 Å². The molecule has 0 bridgehead atoms. The maximum atomic E-state index is 14.0. The smallest absolute Gasteiger partial charge is 0.337 e. The molecule has 0 aromatic heterocycles. The molecule has 0 saturated carbocycles. The van der Waals surface area contributed by atoms with E-state index in [-0.39, 0.29) is 26.8 Å². The van der Waals surface area contributed by atoms with Gasteiger partial charge in [0.05, 0.1) is 38.2 Å². The summed E-state index contributed by atoms with van der Waals surface area (Å²) in [5, 5.41) is 3.39. The quantitative estimate of drug-likeness (QED) is 0.219. The Hall–Kier alpha value is -2.15. The van der Waals surface area contributed by atoms with Gasteiger partial charge in [-0.2, -0.15) is 0 Å². The third-order valence-electron chi connectivity index (χ3n) is 10.1. The summed E-state index contributed by atoms with van der Waals surface area (Å²) in [6.45, 7) is 28.0. The molecule has 1 aromatic rings. The van der Waals surface area contributed by atoms with Gasteiger partial charge in [-0.05, 0) is 99.4 Å². The van der Waals surface area contributed by atoms with Crippen molar-refractivity contribution in [3.8, 4) is 5.75 Å². The molecule has 2 aliphatic rings. The van der Waals surface area contributed by atoms with Crippen LogP contribution in [-0.4, -0.2) is 55.4 Å². The lowest BCUT2D eigenvalue weighted by atomic mass is 9.74. The van der Waals surface area contributed by atoms with Crippen LogP contribution in [0.25, 0.3) is 0 Å². The molecule has 0 radical (unpaired) electrons. The molecule has 1 N–H and O–H groups in total. The van der Waals surface area contributed by atoms with E-state index >= 15 is 0 Å². The van der Waals surface area contributed by atoms with E-state index in [0.29, 0.717) is 5.75 Å². The van der Waals surface area contributed by atoms with Gasteiger partial charge in [-0.25, -0.2) is 9.59 Å². The van der Waals surface area contributed by atoms with Crippen LogP contribution in [0.4, 0.5) is 5.69 Å². The van der Waals surface area contributed by atoms with Gasteiger partial charge >= 0.3 is 11.9 Å². The lowest BCUT2D eigenvalue weighted by molar-refractivity contribution is -0.141. The topological polar surface area (TPSA) is 92.3 Å². The van der Waals surface area contributed by atoms with E-state index in [4.69, 9.17) is 23.1 Å². The molecular weight excluding hydrogens is 603 g/mol. The van der Waals surface area contributed by atoms with E-state index in [2.05, 4.69) is 93.8 Å². The fourth-order valence-corrected chi connectivity index (χ4v) is 8.07. The Morgan fingerprint density at radius 3 is 1.42 bits per heavy atom. The summed E-state index contributed by atoms with van der Waals surface area (Å²) < 4.78 is 31.7.